The van der Waals surface area contributed by atoms with E-state index in [1.54, 1.807) is 27.0 Å². The van der Waals surface area contributed by atoms with Crippen LogP contribution in [0.15, 0.2) is 35.3 Å². The summed E-state index contributed by atoms with van der Waals surface area (Å²) in [5, 5.41) is 6.75. The van der Waals surface area contributed by atoms with Crippen molar-refractivity contribution < 1.29 is 35.5 Å². The monoisotopic (exact) mass is 684 g/mol. The molecule has 1 aliphatic rings. The first-order valence-corrected chi connectivity index (χ1v) is 17.0. The molecule has 1 amide bonds. The SMILES string of the molecule is CCC(C)n1c(=O)c(-c2ccc(NS(=O)(=O)CCC(F)(F)F)c(F)c2)cc2cnc(NC3CCC(NC(=O)OC(C)(C)C)CC3)nc21. The van der Waals surface area contributed by atoms with Gasteiger partial charge in [0.25, 0.3) is 5.56 Å². The minimum absolute atomic E-state index is 0.0112. The van der Waals surface area contributed by atoms with Crippen molar-refractivity contribution in [3.8, 4) is 11.1 Å². The minimum atomic E-state index is -4.69. The van der Waals surface area contributed by atoms with Crippen molar-refractivity contribution in [2.24, 2.45) is 0 Å². The highest BCUT2D eigenvalue weighted by Crippen LogP contribution is 2.29. The third-order valence-electron chi connectivity index (χ3n) is 7.79. The predicted octanol–water partition coefficient (Wildman–Crippen LogP) is 6.51. The van der Waals surface area contributed by atoms with Crippen molar-refractivity contribution in [1.29, 1.82) is 0 Å². The Balaban J connectivity index is 1.54. The number of alkyl carbamates (subject to hydrolysis) is 1. The number of hydrogen-bond donors (Lipinski definition) is 3. The molecule has 2 heterocycles. The van der Waals surface area contributed by atoms with Gasteiger partial charge in [0.05, 0.1) is 17.9 Å². The number of pyridine rings is 1. The van der Waals surface area contributed by atoms with Gasteiger partial charge >= 0.3 is 12.3 Å². The fourth-order valence-electron chi connectivity index (χ4n) is 5.26. The minimum Gasteiger partial charge on any atom is -0.444 e. The molecule has 258 valence electrons. The summed E-state index contributed by atoms with van der Waals surface area (Å²) in [5.41, 5.74) is -0.940. The molecule has 1 fully saturated rings. The summed E-state index contributed by atoms with van der Waals surface area (Å²) in [6, 6.07) is 4.59. The molecule has 1 unspecified atom stereocenters. The maximum atomic E-state index is 15.0. The van der Waals surface area contributed by atoms with Crippen molar-refractivity contribution in [3.05, 3.63) is 46.6 Å². The second-order valence-corrected chi connectivity index (χ2v) is 14.6. The molecule has 11 nitrogen and oxygen atoms in total. The Morgan fingerprint density at radius 3 is 2.36 bits per heavy atom. The average molecular weight is 685 g/mol. The number of amides is 1. The van der Waals surface area contributed by atoms with Gasteiger partial charge in [0.15, 0.2) is 0 Å². The lowest BCUT2D eigenvalue weighted by molar-refractivity contribution is -0.129. The van der Waals surface area contributed by atoms with Gasteiger partial charge < -0.3 is 15.4 Å². The van der Waals surface area contributed by atoms with E-state index in [1.807, 2.05) is 18.6 Å². The number of benzene rings is 1. The van der Waals surface area contributed by atoms with Crippen molar-refractivity contribution in [2.45, 2.75) is 103 Å². The van der Waals surface area contributed by atoms with Crippen LogP contribution in [0.4, 0.5) is 34.0 Å². The number of anilines is 2. The fraction of sp³-hybridized carbons (Fsp3) is 0.548. The second kappa shape index (κ2) is 14.0. The van der Waals surface area contributed by atoms with Crippen LogP contribution in [0.1, 0.15) is 79.2 Å². The highest BCUT2D eigenvalue weighted by Gasteiger charge is 2.30. The molecule has 3 aromatic rings. The topological polar surface area (TPSA) is 144 Å². The normalized spacial score (nSPS) is 18.1. The van der Waals surface area contributed by atoms with Crippen LogP contribution in [0, 0.1) is 5.82 Å². The Morgan fingerprint density at radius 2 is 1.77 bits per heavy atom. The van der Waals surface area contributed by atoms with Gasteiger partial charge in [-0.25, -0.2) is 22.6 Å². The fourth-order valence-corrected chi connectivity index (χ4v) is 6.36. The first-order valence-electron chi connectivity index (χ1n) is 15.4. The summed E-state index contributed by atoms with van der Waals surface area (Å²) in [7, 11) is -4.47. The summed E-state index contributed by atoms with van der Waals surface area (Å²) in [6.07, 6.45) is -1.62. The number of nitrogens with zero attached hydrogens (tertiary/aromatic N) is 3. The number of carbonyl (C=O) groups excluding carboxylic acids is 1. The molecular weight excluding hydrogens is 644 g/mol. The van der Waals surface area contributed by atoms with Gasteiger partial charge in [0.1, 0.15) is 17.1 Å². The van der Waals surface area contributed by atoms with E-state index in [4.69, 9.17) is 4.74 Å². The summed E-state index contributed by atoms with van der Waals surface area (Å²) < 4.78 is 85.4. The molecular formula is C31H40F4N6O5S. The van der Waals surface area contributed by atoms with Gasteiger partial charge in [0.2, 0.25) is 16.0 Å². The predicted molar refractivity (Wildman–Crippen MR) is 171 cm³/mol. The van der Waals surface area contributed by atoms with Crippen LogP contribution >= 0.6 is 0 Å². The summed E-state index contributed by atoms with van der Waals surface area (Å²) in [4.78, 5) is 35.1. The standard InChI is InChI=1S/C31H40F4N6O5S/c1-6-18(2)41-26-20(17-36-28(39-26)37-21-8-10-22(11-9-21)38-29(43)46-30(3,4)5)15-23(27(41)42)19-7-12-25(24(32)16-19)40-47(44,45)14-13-31(33,34)35/h7,12,15-18,21-22,40H,6,8-11,13-14H2,1-5H3,(H,38,43)(H,36,37,39). The van der Waals surface area contributed by atoms with Crippen LogP contribution in [0.3, 0.4) is 0 Å². The van der Waals surface area contributed by atoms with Gasteiger partial charge in [-0.1, -0.05) is 13.0 Å². The van der Waals surface area contributed by atoms with E-state index >= 15 is 4.39 Å². The molecule has 0 saturated heterocycles. The zero-order chi connectivity index (χ0) is 34.7. The van der Waals surface area contributed by atoms with E-state index in [9.17, 15) is 31.2 Å². The Hall–Kier alpha value is -3.95. The molecule has 0 spiro atoms. The summed E-state index contributed by atoms with van der Waals surface area (Å²) in [6.45, 7) is 9.17. The molecule has 0 bridgehead atoms. The van der Waals surface area contributed by atoms with E-state index in [-0.39, 0.29) is 29.3 Å². The van der Waals surface area contributed by atoms with E-state index in [2.05, 4.69) is 20.6 Å². The molecule has 1 aromatic carbocycles. The number of rotatable bonds is 10. The lowest BCUT2D eigenvalue weighted by atomic mass is 9.91. The van der Waals surface area contributed by atoms with E-state index in [0.717, 1.165) is 37.8 Å². The number of sulfonamides is 1. The quantitative estimate of drug-likeness (QED) is 0.205. The molecule has 4 rings (SSSR count). The molecule has 3 N–H and O–H groups in total. The average Bonchev–Trinajstić information content (AvgIpc) is 2.96. The number of aromatic nitrogens is 3. The molecule has 0 radical (unpaired) electrons. The van der Waals surface area contributed by atoms with E-state index in [0.29, 0.717) is 23.4 Å². The van der Waals surface area contributed by atoms with Crippen LogP contribution in [0.2, 0.25) is 0 Å². The van der Waals surface area contributed by atoms with Crippen molar-refractivity contribution in [1.82, 2.24) is 19.9 Å². The number of carbonyl (C=O) groups is 1. The highest BCUT2D eigenvalue weighted by molar-refractivity contribution is 7.92. The zero-order valence-corrected chi connectivity index (χ0v) is 27.7. The van der Waals surface area contributed by atoms with Crippen LogP contribution in [-0.4, -0.2) is 58.7 Å². The highest BCUT2D eigenvalue weighted by atomic mass is 32.2. The van der Waals surface area contributed by atoms with Crippen LogP contribution in [-0.2, 0) is 14.8 Å². The number of halogens is 4. The number of nitrogens with one attached hydrogen (secondary N) is 3. The van der Waals surface area contributed by atoms with E-state index in [1.165, 1.54) is 16.7 Å². The lowest BCUT2D eigenvalue weighted by Gasteiger charge is -2.30. The Kier molecular flexibility index (Phi) is 10.7. The molecule has 1 saturated carbocycles. The molecule has 16 heteroatoms. The van der Waals surface area contributed by atoms with Crippen molar-refractivity contribution >= 4 is 38.8 Å². The Labute approximate surface area is 270 Å². The molecule has 2 aromatic heterocycles. The van der Waals surface area contributed by atoms with Crippen LogP contribution < -0.4 is 20.9 Å². The molecule has 0 aliphatic heterocycles. The maximum absolute atomic E-state index is 15.0. The molecule has 1 atom stereocenters. The second-order valence-electron chi connectivity index (χ2n) is 12.8. The first kappa shape index (κ1) is 35.9. The van der Waals surface area contributed by atoms with Gasteiger partial charge in [-0.15, -0.1) is 0 Å². The Morgan fingerprint density at radius 1 is 1.11 bits per heavy atom. The van der Waals surface area contributed by atoms with Crippen LogP contribution in [0.5, 0.6) is 0 Å². The maximum Gasteiger partial charge on any atom is 0.407 e. The van der Waals surface area contributed by atoms with Gasteiger partial charge in [0, 0.05) is 35.3 Å². The third kappa shape index (κ3) is 9.78. The van der Waals surface area contributed by atoms with Crippen molar-refractivity contribution in [2.75, 3.05) is 15.8 Å². The van der Waals surface area contributed by atoms with E-state index < -0.39 is 57.1 Å². The lowest BCUT2D eigenvalue weighted by Crippen LogP contribution is -2.42. The van der Waals surface area contributed by atoms with Gasteiger partial charge in [-0.2, -0.15) is 18.2 Å². The molecule has 47 heavy (non-hydrogen) atoms. The first-order chi connectivity index (χ1) is 21.8. The number of ether oxygens (including phenoxy) is 1. The largest absolute Gasteiger partial charge is 0.444 e. The Bertz CT molecular complexity index is 1770. The number of fused-ring (bicyclic) bond motifs is 1. The number of alkyl halides is 3. The third-order valence-corrected chi connectivity index (χ3v) is 9.06. The zero-order valence-electron chi connectivity index (χ0n) is 26.9. The molecule has 1 aliphatic carbocycles. The smallest absolute Gasteiger partial charge is 0.407 e. The van der Waals surface area contributed by atoms with Crippen LogP contribution in [0.25, 0.3) is 22.2 Å². The summed E-state index contributed by atoms with van der Waals surface area (Å²) >= 11 is 0. The van der Waals surface area contributed by atoms with Gasteiger partial charge in [-0.3, -0.25) is 14.1 Å². The van der Waals surface area contributed by atoms with Gasteiger partial charge in [-0.05, 0) is 83.6 Å². The summed E-state index contributed by atoms with van der Waals surface area (Å²) in [5.74, 6) is -1.98. The van der Waals surface area contributed by atoms with Crippen molar-refractivity contribution in [3.63, 3.8) is 0 Å². The number of hydrogen-bond acceptors (Lipinski definition) is 8.